The molecule has 0 bridgehead atoms. The first kappa shape index (κ1) is 15.0. The third-order valence-corrected chi connectivity index (χ3v) is 3.87. The van der Waals surface area contributed by atoms with E-state index in [-0.39, 0.29) is 6.04 Å². The minimum atomic E-state index is 0.190. The summed E-state index contributed by atoms with van der Waals surface area (Å²) in [5.41, 5.74) is 2.79. The average Bonchev–Trinajstić information content (AvgIpc) is 2.35. The second-order valence-corrected chi connectivity index (χ2v) is 5.71. The monoisotopic (exact) mass is 318 g/mol. The van der Waals surface area contributed by atoms with E-state index >= 15 is 0 Å². The van der Waals surface area contributed by atoms with Crippen LogP contribution < -0.4 is 11.3 Å². The van der Waals surface area contributed by atoms with Gasteiger partial charge >= 0.3 is 0 Å². The molecule has 3 nitrogen and oxygen atoms in total. The molecule has 0 spiro atoms. The normalized spacial score (nSPS) is 12.6. The molecule has 96 valence electrons. The number of halogens is 1. The van der Waals surface area contributed by atoms with E-state index in [2.05, 4.69) is 40.4 Å². The van der Waals surface area contributed by atoms with Crippen LogP contribution >= 0.6 is 27.7 Å². The molecule has 0 aliphatic heterocycles. The number of hydrogen-bond acceptors (Lipinski definition) is 4. The van der Waals surface area contributed by atoms with Crippen molar-refractivity contribution in [1.29, 1.82) is 0 Å². The Labute approximate surface area is 116 Å². The molecule has 0 aliphatic rings. The van der Waals surface area contributed by atoms with Crippen LogP contribution in [0.4, 0.5) is 0 Å². The molecule has 0 saturated carbocycles. The van der Waals surface area contributed by atoms with Gasteiger partial charge in [-0.15, -0.1) is 11.8 Å². The van der Waals surface area contributed by atoms with E-state index in [0.29, 0.717) is 6.61 Å². The highest BCUT2D eigenvalue weighted by atomic mass is 79.9. The first-order chi connectivity index (χ1) is 8.26. The van der Waals surface area contributed by atoms with E-state index in [4.69, 9.17) is 10.6 Å². The summed E-state index contributed by atoms with van der Waals surface area (Å²) in [6, 6.07) is 8.46. The topological polar surface area (TPSA) is 47.3 Å². The first-order valence-electron chi connectivity index (χ1n) is 5.68. The average molecular weight is 319 g/mol. The molecule has 0 heterocycles. The van der Waals surface area contributed by atoms with Gasteiger partial charge in [0.25, 0.3) is 0 Å². The number of thioether (sulfide) groups is 1. The molecular weight excluding hydrogens is 300 g/mol. The minimum Gasteiger partial charge on any atom is -0.380 e. The Morgan fingerprint density at radius 1 is 1.41 bits per heavy atom. The molecule has 0 saturated heterocycles. The van der Waals surface area contributed by atoms with Crippen molar-refractivity contribution in [2.24, 2.45) is 5.84 Å². The molecule has 1 aromatic carbocycles. The number of nitrogens with two attached hydrogens (primary N) is 1. The summed E-state index contributed by atoms with van der Waals surface area (Å²) in [5, 5.41) is 0. The van der Waals surface area contributed by atoms with E-state index < -0.39 is 0 Å². The number of nitrogens with one attached hydrogen (secondary N) is 1. The van der Waals surface area contributed by atoms with Crippen LogP contribution in [0.25, 0.3) is 0 Å². The minimum absolute atomic E-state index is 0.190. The van der Waals surface area contributed by atoms with E-state index in [1.165, 1.54) is 4.90 Å². The lowest BCUT2D eigenvalue weighted by molar-refractivity contribution is 0.117. The van der Waals surface area contributed by atoms with Gasteiger partial charge in [-0.2, -0.15) is 0 Å². The number of benzene rings is 1. The molecule has 0 aromatic heterocycles. The van der Waals surface area contributed by atoms with Crippen LogP contribution in [0, 0.1) is 0 Å². The lowest BCUT2D eigenvalue weighted by atomic mass is 10.4. The molecular formula is C12H19BrN2OS. The number of rotatable bonds is 8. The van der Waals surface area contributed by atoms with Crippen LogP contribution in [-0.2, 0) is 4.74 Å². The summed E-state index contributed by atoms with van der Waals surface area (Å²) in [6.07, 6.45) is 1.04. The summed E-state index contributed by atoms with van der Waals surface area (Å²) >= 11 is 5.20. The van der Waals surface area contributed by atoms with Gasteiger partial charge in [0.2, 0.25) is 0 Å². The summed E-state index contributed by atoms with van der Waals surface area (Å²) < 4.78 is 6.58. The van der Waals surface area contributed by atoms with Crippen LogP contribution in [0.1, 0.15) is 13.3 Å². The molecule has 1 aromatic rings. The van der Waals surface area contributed by atoms with Gasteiger partial charge in [-0.3, -0.25) is 11.3 Å². The van der Waals surface area contributed by atoms with Gasteiger partial charge < -0.3 is 4.74 Å². The fourth-order valence-electron chi connectivity index (χ4n) is 1.24. The van der Waals surface area contributed by atoms with Crippen LogP contribution in [0.5, 0.6) is 0 Å². The van der Waals surface area contributed by atoms with Crippen LogP contribution in [-0.4, -0.2) is 25.0 Å². The fourth-order valence-corrected chi connectivity index (χ4v) is 2.42. The third-order valence-electron chi connectivity index (χ3n) is 2.17. The highest BCUT2D eigenvalue weighted by molar-refractivity contribution is 9.10. The standard InChI is InChI=1S/C12H19BrN2OS/c1-2-7-16-8-11(15-14)9-17-12-5-3-10(13)4-6-12/h3-6,11,15H,2,7-9,14H2,1H3. The summed E-state index contributed by atoms with van der Waals surface area (Å²) in [7, 11) is 0. The Morgan fingerprint density at radius 2 is 2.12 bits per heavy atom. The molecule has 1 rings (SSSR count). The van der Waals surface area contributed by atoms with Crippen LogP contribution in [0.2, 0.25) is 0 Å². The van der Waals surface area contributed by atoms with Crippen LogP contribution in [0.15, 0.2) is 33.6 Å². The maximum atomic E-state index is 5.49. The Balaban J connectivity index is 2.29. The summed E-state index contributed by atoms with van der Waals surface area (Å²) in [5.74, 6) is 6.40. The van der Waals surface area contributed by atoms with E-state index in [1.807, 2.05) is 12.1 Å². The molecule has 5 heteroatoms. The van der Waals surface area contributed by atoms with Gasteiger partial charge in [-0.1, -0.05) is 22.9 Å². The zero-order valence-electron chi connectivity index (χ0n) is 9.99. The number of ether oxygens (including phenoxy) is 1. The Bertz CT molecular complexity index is 308. The maximum Gasteiger partial charge on any atom is 0.0641 e. The molecule has 0 fully saturated rings. The van der Waals surface area contributed by atoms with Crippen molar-refractivity contribution in [3.8, 4) is 0 Å². The molecule has 1 atom stereocenters. The van der Waals surface area contributed by atoms with Crippen molar-refractivity contribution in [3.05, 3.63) is 28.7 Å². The lowest BCUT2D eigenvalue weighted by Crippen LogP contribution is -2.40. The quantitative estimate of drug-likeness (QED) is 0.335. The lowest BCUT2D eigenvalue weighted by Gasteiger charge is -2.15. The second kappa shape index (κ2) is 8.94. The molecule has 0 amide bonds. The molecule has 3 N–H and O–H groups in total. The zero-order valence-corrected chi connectivity index (χ0v) is 12.4. The first-order valence-corrected chi connectivity index (χ1v) is 7.46. The molecule has 1 unspecified atom stereocenters. The smallest absolute Gasteiger partial charge is 0.0641 e. The van der Waals surface area contributed by atoms with Crippen LogP contribution in [0.3, 0.4) is 0 Å². The maximum absolute atomic E-state index is 5.49. The van der Waals surface area contributed by atoms with E-state index in [1.54, 1.807) is 11.8 Å². The fraction of sp³-hybridized carbons (Fsp3) is 0.500. The van der Waals surface area contributed by atoms with Gasteiger partial charge in [0, 0.05) is 21.7 Å². The summed E-state index contributed by atoms with van der Waals surface area (Å²) in [6.45, 7) is 3.55. The van der Waals surface area contributed by atoms with Gasteiger partial charge in [-0.05, 0) is 30.7 Å². The number of hydrazine groups is 1. The highest BCUT2D eigenvalue weighted by Crippen LogP contribution is 2.21. The number of hydrogen-bond donors (Lipinski definition) is 2. The Hall–Kier alpha value is -0.0700. The second-order valence-electron chi connectivity index (χ2n) is 3.70. The molecule has 0 aliphatic carbocycles. The van der Waals surface area contributed by atoms with Gasteiger partial charge in [0.15, 0.2) is 0 Å². The van der Waals surface area contributed by atoms with Crippen molar-refractivity contribution in [3.63, 3.8) is 0 Å². The highest BCUT2D eigenvalue weighted by Gasteiger charge is 2.07. The van der Waals surface area contributed by atoms with E-state index in [9.17, 15) is 0 Å². The molecule has 0 radical (unpaired) electrons. The summed E-state index contributed by atoms with van der Waals surface area (Å²) in [4.78, 5) is 1.24. The largest absolute Gasteiger partial charge is 0.380 e. The Morgan fingerprint density at radius 3 is 2.71 bits per heavy atom. The van der Waals surface area contributed by atoms with Crippen molar-refractivity contribution in [2.45, 2.75) is 24.3 Å². The predicted molar refractivity (Wildman–Crippen MR) is 77.1 cm³/mol. The van der Waals surface area contributed by atoms with Crippen molar-refractivity contribution >= 4 is 27.7 Å². The predicted octanol–water partition coefficient (Wildman–Crippen LogP) is 2.80. The Kier molecular flexibility index (Phi) is 7.88. The third kappa shape index (κ3) is 6.43. The zero-order chi connectivity index (χ0) is 12.5. The van der Waals surface area contributed by atoms with Crippen molar-refractivity contribution in [1.82, 2.24) is 5.43 Å². The molecule has 17 heavy (non-hydrogen) atoms. The van der Waals surface area contributed by atoms with Gasteiger partial charge in [-0.25, -0.2) is 0 Å². The van der Waals surface area contributed by atoms with Gasteiger partial charge in [0.05, 0.1) is 12.6 Å². The van der Waals surface area contributed by atoms with Crippen molar-refractivity contribution < 1.29 is 4.74 Å². The van der Waals surface area contributed by atoms with Crippen molar-refractivity contribution in [2.75, 3.05) is 19.0 Å². The SMILES string of the molecule is CCCOCC(CSc1ccc(Br)cc1)NN. The van der Waals surface area contributed by atoms with Gasteiger partial charge in [0.1, 0.15) is 0 Å². The van der Waals surface area contributed by atoms with E-state index in [0.717, 1.165) is 23.3 Å².